The molecule has 0 unspecified atom stereocenters. The number of fused-ring (bicyclic) bond motifs is 1. The number of imidazole rings is 1. The van der Waals surface area contributed by atoms with Gasteiger partial charge in [-0.25, -0.2) is 22.6 Å². The monoisotopic (exact) mass is 521 g/mol. The van der Waals surface area contributed by atoms with Crippen LogP contribution in [0, 0.1) is 20.8 Å². The number of anilines is 1. The van der Waals surface area contributed by atoms with Crippen molar-refractivity contribution in [1.29, 1.82) is 0 Å². The first-order valence-electron chi connectivity index (χ1n) is 12.1. The first kappa shape index (κ1) is 25.0. The minimum absolute atomic E-state index is 0.207. The van der Waals surface area contributed by atoms with Gasteiger partial charge in [-0.1, -0.05) is 17.7 Å². The fourth-order valence-electron chi connectivity index (χ4n) is 4.86. The van der Waals surface area contributed by atoms with Gasteiger partial charge in [0.1, 0.15) is 0 Å². The van der Waals surface area contributed by atoms with Crippen molar-refractivity contribution in [3.05, 3.63) is 65.5 Å². The van der Waals surface area contributed by atoms with Gasteiger partial charge < -0.3 is 14.4 Å². The lowest BCUT2D eigenvalue weighted by molar-refractivity contribution is 0.355. The molecule has 4 aromatic rings. The topological polar surface area (TPSA) is 98.1 Å². The van der Waals surface area contributed by atoms with Crippen LogP contribution in [0.15, 0.2) is 53.4 Å². The number of rotatable bonds is 7. The van der Waals surface area contributed by atoms with Crippen molar-refractivity contribution in [2.24, 2.45) is 0 Å². The van der Waals surface area contributed by atoms with Crippen LogP contribution in [0.4, 0.5) is 5.69 Å². The molecule has 5 rings (SSSR count). The minimum Gasteiger partial charge on any atom is -0.493 e. The number of methoxy groups -OCH3 is 2. The maximum absolute atomic E-state index is 12.9. The van der Waals surface area contributed by atoms with Gasteiger partial charge in [-0.05, 0) is 63.6 Å². The van der Waals surface area contributed by atoms with E-state index in [1.54, 1.807) is 26.4 Å². The summed E-state index contributed by atoms with van der Waals surface area (Å²) < 4.78 is 41.5. The van der Waals surface area contributed by atoms with Crippen molar-refractivity contribution in [1.82, 2.24) is 19.3 Å². The molecular weight excluding hydrogens is 490 g/mol. The van der Waals surface area contributed by atoms with Gasteiger partial charge in [0, 0.05) is 24.7 Å². The lowest BCUT2D eigenvalue weighted by Gasteiger charge is -2.20. The lowest BCUT2D eigenvalue weighted by Crippen LogP contribution is -2.37. The molecule has 37 heavy (non-hydrogen) atoms. The average Bonchev–Trinajstić information content (AvgIpc) is 3.46. The Morgan fingerprint density at radius 2 is 1.70 bits per heavy atom. The van der Waals surface area contributed by atoms with Gasteiger partial charge in [-0.2, -0.15) is 5.10 Å². The molecular formula is C27H31N5O4S. The van der Waals surface area contributed by atoms with E-state index in [0.29, 0.717) is 31.0 Å². The number of aromatic nitrogens is 3. The Balaban J connectivity index is 1.46. The summed E-state index contributed by atoms with van der Waals surface area (Å²) in [5.41, 5.74) is 6.14. The zero-order valence-electron chi connectivity index (χ0n) is 21.6. The molecule has 0 amide bonds. The highest BCUT2D eigenvalue weighted by Gasteiger charge is 2.30. The fraction of sp³-hybridized carbons (Fsp3) is 0.333. The van der Waals surface area contributed by atoms with Crippen molar-refractivity contribution in [2.75, 3.05) is 32.2 Å². The summed E-state index contributed by atoms with van der Waals surface area (Å²) in [5.74, 6) is 1.28. The molecule has 2 aromatic heterocycles. The van der Waals surface area contributed by atoms with Crippen LogP contribution in [0.3, 0.4) is 0 Å². The van der Waals surface area contributed by atoms with Gasteiger partial charge >= 0.3 is 0 Å². The first-order valence-corrected chi connectivity index (χ1v) is 13.6. The van der Waals surface area contributed by atoms with Gasteiger partial charge in [0.25, 0.3) is 0 Å². The van der Waals surface area contributed by atoms with E-state index in [1.807, 2.05) is 61.7 Å². The standard InChI is InChI=1S/C27H31N5O4S/c1-17-6-9-22(10-7-17)37(33,34)30-21-12-13-31(16-21)23-14-18(2)29-32-26(19(3)28-27(23)32)20-8-11-24(35-4)25(15-20)36-5/h6-11,14-15,21,30H,12-13,16H2,1-5H3/t21-/m1/s1. The van der Waals surface area contributed by atoms with Gasteiger partial charge in [-0.15, -0.1) is 0 Å². The maximum atomic E-state index is 12.9. The molecule has 0 saturated carbocycles. The van der Waals surface area contributed by atoms with Crippen LogP contribution in [0.1, 0.15) is 23.4 Å². The SMILES string of the molecule is COc1ccc(-c2c(C)nc3c(N4CC[C@@H](NS(=O)(=O)c5ccc(C)cc5)C4)cc(C)nn23)cc1OC. The van der Waals surface area contributed by atoms with Crippen LogP contribution >= 0.6 is 0 Å². The van der Waals surface area contributed by atoms with Crippen molar-refractivity contribution in [2.45, 2.75) is 38.1 Å². The Kier molecular flexibility index (Phi) is 6.55. The molecule has 2 aromatic carbocycles. The van der Waals surface area contributed by atoms with Crippen molar-refractivity contribution in [3.63, 3.8) is 0 Å². The Bertz CT molecular complexity index is 1560. The van der Waals surface area contributed by atoms with E-state index in [4.69, 9.17) is 19.6 Å². The second kappa shape index (κ2) is 9.68. The molecule has 3 heterocycles. The van der Waals surface area contributed by atoms with Crippen LogP contribution in [0.5, 0.6) is 11.5 Å². The summed E-state index contributed by atoms with van der Waals surface area (Å²) in [6.07, 6.45) is 0.695. The van der Waals surface area contributed by atoms with Crippen LogP contribution in [0.25, 0.3) is 16.9 Å². The van der Waals surface area contributed by atoms with E-state index in [2.05, 4.69) is 9.62 Å². The van der Waals surface area contributed by atoms with Gasteiger partial charge in [0.2, 0.25) is 10.0 Å². The normalized spacial score (nSPS) is 15.9. The molecule has 1 N–H and O–H groups in total. The van der Waals surface area contributed by atoms with E-state index in [0.717, 1.165) is 39.5 Å². The number of hydrogen-bond acceptors (Lipinski definition) is 7. The zero-order chi connectivity index (χ0) is 26.3. The maximum Gasteiger partial charge on any atom is 0.240 e. The lowest BCUT2D eigenvalue weighted by atomic mass is 10.1. The molecule has 0 spiro atoms. The number of aryl methyl sites for hydroxylation is 3. The molecule has 9 nitrogen and oxygen atoms in total. The molecule has 1 fully saturated rings. The molecule has 10 heteroatoms. The van der Waals surface area contributed by atoms with Gasteiger partial charge in [0.05, 0.1) is 41.9 Å². The molecule has 0 radical (unpaired) electrons. The zero-order valence-corrected chi connectivity index (χ0v) is 22.5. The molecule has 0 bridgehead atoms. The van der Waals surface area contributed by atoms with Gasteiger partial charge in [-0.3, -0.25) is 0 Å². The molecule has 0 aliphatic carbocycles. The highest BCUT2D eigenvalue weighted by atomic mass is 32.2. The molecule has 194 valence electrons. The number of nitrogens with one attached hydrogen (secondary N) is 1. The largest absolute Gasteiger partial charge is 0.493 e. The van der Waals surface area contributed by atoms with Crippen LogP contribution in [-0.2, 0) is 10.0 Å². The van der Waals surface area contributed by atoms with Crippen molar-refractivity contribution < 1.29 is 17.9 Å². The van der Waals surface area contributed by atoms with E-state index < -0.39 is 10.0 Å². The highest BCUT2D eigenvalue weighted by molar-refractivity contribution is 7.89. The number of hydrogen-bond donors (Lipinski definition) is 1. The number of sulfonamides is 1. The number of nitrogens with zero attached hydrogens (tertiary/aromatic N) is 4. The molecule has 1 aliphatic rings. The van der Waals surface area contributed by atoms with Crippen LogP contribution in [-0.4, -0.2) is 56.4 Å². The third-order valence-electron chi connectivity index (χ3n) is 6.70. The first-order chi connectivity index (χ1) is 17.7. The van der Waals surface area contributed by atoms with Crippen molar-refractivity contribution >= 4 is 21.4 Å². The van der Waals surface area contributed by atoms with Gasteiger partial charge in [0.15, 0.2) is 17.1 Å². The third kappa shape index (κ3) is 4.74. The minimum atomic E-state index is -3.60. The highest BCUT2D eigenvalue weighted by Crippen LogP contribution is 2.36. The Morgan fingerprint density at radius 3 is 2.41 bits per heavy atom. The third-order valence-corrected chi connectivity index (χ3v) is 8.24. The predicted molar refractivity (Wildman–Crippen MR) is 143 cm³/mol. The van der Waals surface area contributed by atoms with Crippen LogP contribution < -0.4 is 19.1 Å². The van der Waals surface area contributed by atoms with E-state index in [-0.39, 0.29) is 10.9 Å². The average molecular weight is 522 g/mol. The Morgan fingerprint density at radius 1 is 0.973 bits per heavy atom. The molecule has 1 saturated heterocycles. The van der Waals surface area contributed by atoms with Crippen molar-refractivity contribution in [3.8, 4) is 22.8 Å². The van der Waals surface area contributed by atoms with E-state index >= 15 is 0 Å². The summed E-state index contributed by atoms with van der Waals surface area (Å²) in [4.78, 5) is 7.33. The fourth-order valence-corrected chi connectivity index (χ4v) is 6.12. The summed E-state index contributed by atoms with van der Waals surface area (Å²) in [6, 6.07) is 14.5. The molecule has 1 aliphatic heterocycles. The summed E-state index contributed by atoms with van der Waals surface area (Å²) >= 11 is 0. The Hall–Kier alpha value is -3.63. The predicted octanol–water partition coefficient (Wildman–Crippen LogP) is 3.90. The summed E-state index contributed by atoms with van der Waals surface area (Å²) in [6.45, 7) is 7.09. The van der Waals surface area contributed by atoms with E-state index in [1.165, 1.54) is 0 Å². The second-order valence-corrected chi connectivity index (χ2v) is 11.1. The second-order valence-electron chi connectivity index (χ2n) is 9.39. The molecule has 1 atom stereocenters. The van der Waals surface area contributed by atoms with Crippen LogP contribution in [0.2, 0.25) is 0 Å². The quantitative estimate of drug-likeness (QED) is 0.394. The number of ether oxygens (including phenoxy) is 2. The number of benzene rings is 2. The Labute approximate surface area is 217 Å². The summed E-state index contributed by atoms with van der Waals surface area (Å²) in [5, 5.41) is 4.77. The smallest absolute Gasteiger partial charge is 0.240 e. The summed E-state index contributed by atoms with van der Waals surface area (Å²) in [7, 11) is -0.379. The van der Waals surface area contributed by atoms with E-state index in [9.17, 15) is 8.42 Å².